The quantitative estimate of drug-likeness (QED) is 0.167. The number of anilines is 3. The molecule has 0 bridgehead atoms. The first-order valence-electron chi connectivity index (χ1n) is 21.7. The predicted octanol–water partition coefficient (Wildman–Crippen LogP) is 15.3. The highest BCUT2D eigenvalue weighted by molar-refractivity contribution is 6.11. The molecule has 11 aromatic rings. The van der Waals surface area contributed by atoms with E-state index >= 15 is 0 Å². The summed E-state index contributed by atoms with van der Waals surface area (Å²) in [6.07, 6.45) is 3.73. The molecular formula is C60H39N3. The highest BCUT2D eigenvalue weighted by Gasteiger charge is 2.51. The van der Waals surface area contributed by atoms with Crippen molar-refractivity contribution in [1.29, 1.82) is 0 Å². The maximum Gasteiger partial charge on any atom is 0.0726 e. The molecular weight excluding hydrogens is 763 g/mol. The Kier molecular flexibility index (Phi) is 7.82. The number of aromatic nitrogens is 2. The van der Waals surface area contributed by atoms with Gasteiger partial charge in [-0.1, -0.05) is 152 Å². The predicted molar refractivity (Wildman–Crippen MR) is 260 cm³/mol. The van der Waals surface area contributed by atoms with E-state index in [1.54, 1.807) is 0 Å². The van der Waals surface area contributed by atoms with Gasteiger partial charge >= 0.3 is 0 Å². The molecule has 0 fully saturated rings. The maximum atomic E-state index is 4.34. The van der Waals surface area contributed by atoms with Crippen LogP contribution in [0.3, 0.4) is 0 Å². The maximum absolute atomic E-state index is 4.34. The topological polar surface area (TPSA) is 21.1 Å². The van der Waals surface area contributed by atoms with Crippen LogP contribution in [0, 0.1) is 0 Å². The van der Waals surface area contributed by atoms with E-state index in [1.165, 1.54) is 71.9 Å². The molecule has 0 amide bonds. The first-order valence-corrected chi connectivity index (χ1v) is 21.7. The first-order chi connectivity index (χ1) is 31.3. The molecule has 2 aromatic heterocycles. The fraction of sp³-hybridized carbons (Fsp3) is 0.0167. The van der Waals surface area contributed by atoms with Crippen molar-refractivity contribution in [2.75, 3.05) is 4.90 Å². The normalized spacial score (nSPS) is 12.9. The fourth-order valence-electron chi connectivity index (χ4n) is 10.8. The van der Waals surface area contributed by atoms with Gasteiger partial charge in [-0.25, -0.2) is 0 Å². The minimum absolute atomic E-state index is 0.402. The lowest BCUT2D eigenvalue weighted by Gasteiger charge is -2.30. The largest absolute Gasteiger partial charge is 0.310 e. The van der Waals surface area contributed by atoms with Crippen molar-refractivity contribution < 1.29 is 0 Å². The Labute approximate surface area is 366 Å². The molecule has 3 nitrogen and oxygen atoms in total. The van der Waals surface area contributed by atoms with Crippen LogP contribution in [0.15, 0.2) is 237 Å². The van der Waals surface area contributed by atoms with Crippen molar-refractivity contribution >= 4 is 38.9 Å². The number of pyridine rings is 1. The standard InChI is InChI=1S/C60H39N3/c1-2-16-44(17-3-1)62(45-30-27-40(28-31-45)43-15-13-35-61-39-43)46-18-12-14-41(36-46)42-29-34-59-53(37-42)52-22-7-11-26-58(52)63(59)47-32-33-51-50-21-6-10-25-56(50)60(57(51)38-47)54-23-8-4-19-48(54)49-20-5-9-24-55(49)60/h1-39H. The molecule has 1 spiro atoms. The van der Waals surface area contributed by atoms with Crippen LogP contribution in [0.4, 0.5) is 17.1 Å². The average Bonchev–Trinajstić information content (AvgIpc) is 3.96. The molecule has 3 heteroatoms. The van der Waals surface area contributed by atoms with Gasteiger partial charge in [0.25, 0.3) is 0 Å². The second kappa shape index (κ2) is 13.9. The van der Waals surface area contributed by atoms with Gasteiger partial charge in [-0.3, -0.25) is 4.98 Å². The lowest BCUT2D eigenvalue weighted by Crippen LogP contribution is -2.26. The summed E-state index contributed by atoms with van der Waals surface area (Å²) in [4.78, 5) is 6.67. The molecule has 2 aliphatic carbocycles. The molecule has 0 N–H and O–H groups in total. The number of nitrogens with zero attached hydrogens (tertiary/aromatic N) is 3. The van der Waals surface area contributed by atoms with Crippen molar-refractivity contribution in [3.63, 3.8) is 0 Å². The third kappa shape index (κ3) is 5.23. The summed E-state index contributed by atoms with van der Waals surface area (Å²) in [7, 11) is 0. The van der Waals surface area contributed by atoms with Gasteiger partial charge in [0.2, 0.25) is 0 Å². The summed E-state index contributed by atoms with van der Waals surface area (Å²) in [5.41, 5.74) is 21.7. The van der Waals surface area contributed by atoms with Crippen LogP contribution in [0.1, 0.15) is 22.3 Å². The molecule has 63 heavy (non-hydrogen) atoms. The number of benzene rings is 9. The Hall–Kier alpha value is -8.27. The number of rotatable bonds is 6. The van der Waals surface area contributed by atoms with Gasteiger partial charge in [0.1, 0.15) is 0 Å². The molecule has 0 saturated carbocycles. The van der Waals surface area contributed by atoms with Crippen molar-refractivity contribution in [3.8, 4) is 50.2 Å². The Morgan fingerprint density at radius 1 is 0.349 bits per heavy atom. The van der Waals surface area contributed by atoms with E-state index in [-0.39, 0.29) is 0 Å². The van der Waals surface area contributed by atoms with E-state index in [2.05, 4.69) is 233 Å². The van der Waals surface area contributed by atoms with E-state index in [4.69, 9.17) is 0 Å². The zero-order valence-electron chi connectivity index (χ0n) is 34.4. The molecule has 2 aliphatic rings. The Morgan fingerprint density at radius 3 is 1.63 bits per heavy atom. The van der Waals surface area contributed by atoms with Crippen molar-refractivity contribution in [1.82, 2.24) is 9.55 Å². The van der Waals surface area contributed by atoms with E-state index < -0.39 is 5.41 Å². The number of fused-ring (bicyclic) bond motifs is 13. The molecule has 294 valence electrons. The Bertz CT molecular complexity index is 3500. The fourth-order valence-corrected chi connectivity index (χ4v) is 10.8. The first kappa shape index (κ1) is 35.5. The van der Waals surface area contributed by atoms with Crippen LogP contribution in [0.2, 0.25) is 0 Å². The third-order valence-electron chi connectivity index (χ3n) is 13.5. The van der Waals surface area contributed by atoms with Crippen molar-refractivity contribution in [3.05, 3.63) is 259 Å². The van der Waals surface area contributed by atoms with Crippen LogP contribution in [-0.2, 0) is 5.41 Å². The van der Waals surface area contributed by atoms with Crippen LogP contribution < -0.4 is 4.90 Å². The summed E-state index contributed by atoms with van der Waals surface area (Å²) in [5, 5.41) is 2.47. The van der Waals surface area contributed by atoms with Gasteiger partial charge in [0, 0.05) is 45.9 Å². The zero-order valence-corrected chi connectivity index (χ0v) is 34.4. The van der Waals surface area contributed by atoms with Crippen LogP contribution in [0.25, 0.3) is 72.0 Å². The number of hydrogen-bond acceptors (Lipinski definition) is 2. The molecule has 9 aromatic carbocycles. The van der Waals surface area contributed by atoms with Crippen molar-refractivity contribution in [2.24, 2.45) is 0 Å². The summed E-state index contributed by atoms with van der Waals surface area (Å²) in [6, 6.07) is 82.6. The molecule has 0 saturated heterocycles. The number of hydrogen-bond donors (Lipinski definition) is 0. The van der Waals surface area contributed by atoms with Gasteiger partial charge in [-0.2, -0.15) is 0 Å². The van der Waals surface area contributed by atoms with Crippen molar-refractivity contribution in [2.45, 2.75) is 5.41 Å². The highest BCUT2D eigenvalue weighted by Crippen LogP contribution is 2.63. The monoisotopic (exact) mass is 801 g/mol. The molecule has 0 radical (unpaired) electrons. The lowest BCUT2D eigenvalue weighted by molar-refractivity contribution is 0.792. The van der Waals surface area contributed by atoms with E-state index in [1.807, 2.05) is 18.5 Å². The minimum Gasteiger partial charge on any atom is -0.310 e. The minimum atomic E-state index is -0.402. The number of para-hydroxylation sites is 2. The molecule has 0 aliphatic heterocycles. The van der Waals surface area contributed by atoms with Gasteiger partial charge < -0.3 is 9.47 Å². The van der Waals surface area contributed by atoms with Crippen LogP contribution in [0.5, 0.6) is 0 Å². The summed E-state index contributed by atoms with van der Waals surface area (Å²) >= 11 is 0. The van der Waals surface area contributed by atoms with Crippen LogP contribution >= 0.6 is 0 Å². The summed E-state index contributed by atoms with van der Waals surface area (Å²) in [5.74, 6) is 0. The average molecular weight is 802 g/mol. The van der Waals surface area contributed by atoms with E-state index in [0.717, 1.165) is 39.4 Å². The Morgan fingerprint density at radius 2 is 0.921 bits per heavy atom. The van der Waals surface area contributed by atoms with Gasteiger partial charge in [0.15, 0.2) is 0 Å². The molecule has 2 heterocycles. The second-order valence-corrected chi connectivity index (χ2v) is 16.7. The summed E-state index contributed by atoms with van der Waals surface area (Å²) in [6.45, 7) is 0. The van der Waals surface area contributed by atoms with Gasteiger partial charge in [-0.05, 0) is 140 Å². The molecule has 0 unspecified atom stereocenters. The zero-order chi connectivity index (χ0) is 41.5. The Balaban J connectivity index is 0.948. The second-order valence-electron chi connectivity index (χ2n) is 16.7. The molecule has 13 rings (SSSR count). The summed E-state index contributed by atoms with van der Waals surface area (Å²) < 4.78 is 2.47. The SMILES string of the molecule is c1ccc(N(c2ccc(-c3cccnc3)cc2)c2cccc(-c3ccc4c(c3)c3ccccc3n4-c3ccc4c(c3)C3(c5ccccc5-c5ccccc53)c3ccccc3-4)c2)cc1. The van der Waals surface area contributed by atoms with E-state index in [9.17, 15) is 0 Å². The highest BCUT2D eigenvalue weighted by atomic mass is 15.1. The molecule has 0 atom stereocenters. The van der Waals surface area contributed by atoms with Gasteiger partial charge in [-0.15, -0.1) is 0 Å². The lowest BCUT2D eigenvalue weighted by atomic mass is 9.70. The van der Waals surface area contributed by atoms with Crippen LogP contribution in [-0.4, -0.2) is 9.55 Å². The third-order valence-corrected chi connectivity index (χ3v) is 13.5. The smallest absolute Gasteiger partial charge is 0.0726 e. The van der Waals surface area contributed by atoms with Gasteiger partial charge in [0.05, 0.1) is 16.4 Å². The van der Waals surface area contributed by atoms with E-state index in [0.29, 0.717) is 0 Å².